The van der Waals surface area contributed by atoms with E-state index >= 15 is 0 Å². The summed E-state index contributed by atoms with van der Waals surface area (Å²) in [6.07, 6.45) is 3.39. The molecule has 3 aromatic rings. The van der Waals surface area contributed by atoms with E-state index in [1.807, 2.05) is 12.1 Å². The number of hydrogen-bond donors (Lipinski definition) is 2. The molecule has 208 valence electrons. The van der Waals surface area contributed by atoms with Gasteiger partial charge < -0.3 is 10.6 Å². The van der Waals surface area contributed by atoms with Gasteiger partial charge in [-0.05, 0) is 54.5 Å². The first kappa shape index (κ1) is 29.1. The zero-order valence-corrected chi connectivity index (χ0v) is 23.7. The highest BCUT2D eigenvalue weighted by atomic mass is 35.5. The van der Waals surface area contributed by atoms with E-state index in [1.165, 1.54) is 10.5 Å². The number of carbonyl (C=O) groups is 1. The Labute approximate surface area is 234 Å². The van der Waals surface area contributed by atoms with Gasteiger partial charge >= 0.3 is 0 Å². The van der Waals surface area contributed by atoms with Crippen LogP contribution in [0.1, 0.15) is 43.7 Å². The Morgan fingerprint density at radius 3 is 2.56 bits per heavy atom. The van der Waals surface area contributed by atoms with E-state index in [-0.39, 0.29) is 41.5 Å². The minimum atomic E-state index is -3.70. The van der Waals surface area contributed by atoms with Gasteiger partial charge in [-0.1, -0.05) is 55.8 Å². The van der Waals surface area contributed by atoms with Crippen LogP contribution in [0.4, 0.5) is 10.1 Å². The molecule has 2 atom stereocenters. The molecule has 1 aliphatic heterocycles. The number of aromatic nitrogens is 1. The molecule has 0 bridgehead atoms. The van der Waals surface area contributed by atoms with Crippen molar-refractivity contribution in [3.8, 4) is 0 Å². The molecule has 1 aromatic heterocycles. The Bertz CT molecular complexity index is 1370. The molecular weight excluding hydrogens is 539 g/mol. The molecule has 4 rings (SSSR count). The zero-order valence-electron chi connectivity index (χ0n) is 22.1. The van der Waals surface area contributed by atoms with Crippen molar-refractivity contribution < 1.29 is 17.6 Å². The van der Waals surface area contributed by atoms with Gasteiger partial charge in [0, 0.05) is 42.7 Å². The second-order valence-corrected chi connectivity index (χ2v) is 12.5. The molecule has 2 heterocycles. The Kier molecular flexibility index (Phi) is 9.71. The van der Waals surface area contributed by atoms with Crippen LogP contribution in [0.15, 0.2) is 71.9 Å². The van der Waals surface area contributed by atoms with E-state index in [4.69, 9.17) is 11.6 Å². The van der Waals surface area contributed by atoms with Crippen LogP contribution in [0.2, 0.25) is 5.02 Å². The predicted octanol–water partition coefficient (Wildman–Crippen LogP) is 5.24. The Morgan fingerprint density at radius 1 is 1.15 bits per heavy atom. The fourth-order valence-corrected chi connectivity index (χ4v) is 6.82. The quantitative estimate of drug-likeness (QED) is 0.347. The SMILES string of the molecule is CC(C)C(CC(=O)Nc1cncc(F)c1CC[C@H]1CNCCN1S(=O)(=O)c1ccccc1)c1ccc(Cl)cc1. The number of nitrogens with one attached hydrogen (secondary N) is 2. The average molecular weight is 573 g/mol. The maximum atomic E-state index is 15.0. The number of rotatable bonds is 10. The number of pyridine rings is 1. The van der Waals surface area contributed by atoms with Crippen LogP contribution in [-0.2, 0) is 21.2 Å². The molecule has 1 unspecified atom stereocenters. The molecule has 0 spiro atoms. The molecule has 2 N–H and O–H groups in total. The van der Waals surface area contributed by atoms with E-state index < -0.39 is 15.8 Å². The molecule has 1 amide bonds. The molecule has 1 saturated heterocycles. The number of sulfonamides is 1. The maximum Gasteiger partial charge on any atom is 0.243 e. The normalized spacial score (nSPS) is 17.2. The molecule has 1 fully saturated rings. The average Bonchev–Trinajstić information content (AvgIpc) is 2.92. The predicted molar refractivity (Wildman–Crippen MR) is 152 cm³/mol. The van der Waals surface area contributed by atoms with Gasteiger partial charge in [0.1, 0.15) is 5.82 Å². The van der Waals surface area contributed by atoms with Gasteiger partial charge in [-0.3, -0.25) is 9.78 Å². The second-order valence-electron chi connectivity index (χ2n) is 10.1. The number of anilines is 1. The van der Waals surface area contributed by atoms with Crippen LogP contribution in [0.5, 0.6) is 0 Å². The third-order valence-electron chi connectivity index (χ3n) is 7.16. The van der Waals surface area contributed by atoms with Crippen LogP contribution in [0.25, 0.3) is 0 Å². The summed E-state index contributed by atoms with van der Waals surface area (Å²) < 4.78 is 43.1. The molecule has 10 heteroatoms. The van der Waals surface area contributed by atoms with Crippen LogP contribution in [0, 0.1) is 11.7 Å². The first-order valence-corrected chi connectivity index (χ1v) is 14.9. The van der Waals surface area contributed by atoms with Crippen molar-refractivity contribution in [2.75, 3.05) is 25.0 Å². The van der Waals surface area contributed by atoms with Crippen molar-refractivity contribution in [3.05, 3.63) is 89.0 Å². The fraction of sp³-hybridized carbons (Fsp3) is 0.379. The summed E-state index contributed by atoms with van der Waals surface area (Å²) in [5, 5.41) is 6.73. The number of halogens is 2. The number of piperazine rings is 1. The van der Waals surface area contributed by atoms with Crippen molar-refractivity contribution in [1.29, 1.82) is 0 Å². The van der Waals surface area contributed by atoms with Crippen molar-refractivity contribution in [3.63, 3.8) is 0 Å². The minimum Gasteiger partial charge on any atom is -0.324 e. The lowest BCUT2D eigenvalue weighted by molar-refractivity contribution is -0.116. The molecule has 1 aliphatic rings. The first-order chi connectivity index (χ1) is 18.7. The minimum absolute atomic E-state index is 0.0442. The summed E-state index contributed by atoms with van der Waals surface area (Å²) in [4.78, 5) is 17.3. The van der Waals surface area contributed by atoms with Gasteiger partial charge in [0.15, 0.2) is 0 Å². The summed E-state index contributed by atoms with van der Waals surface area (Å²) in [6.45, 7) is 5.42. The number of hydrogen-bond acceptors (Lipinski definition) is 5. The number of carbonyl (C=O) groups excluding carboxylic acids is 1. The Morgan fingerprint density at radius 2 is 1.87 bits per heavy atom. The van der Waals surface area contributed by atoms with Gasteiger partial charge in [-0.2, -0.15) is 4.31 Å². The highest BCUT2D eigenvalue weighted by molar-refractivity contribution is 7.89. The first-order valence-electron chi connectivity index (χ1n) is 13.1. The summed E-state index contributed by atoms with van der Waals surface area (Å²) in [5.74, 6) is -0.632. The van der Waals surface area contributed by atoms with Crippen molar-refractivity contribution in [2.24, 2.45) is 5.92 Å². The standard InChI is InChI=1S/C29H34ClFN4O3S/c1-20(2)26(21-8-10-22(30)11-9-21)16-29(36)34-28-19-33-18-27(31)25(28)13-12-23-17-32-14-15-35(23)39(37,38)24-6-4-3-5-7-24/h3-11,18-20,23,26,32H,12-17H2,1-2H3,(H,34,36)/t23-,26?/m0/s1. The molecule has 7 nitrogen and oxygen atoms in total. The molecule has 2 aromatic carbocycles. The molecule has 0 saturated carbocycles. The lowest BCUT2D eigenvalue weighted by Crippen LogP contribution is -2.53. The van der Waals surface area contributed by atoms with E-state index in [0.29, 0.717) is 42.3 Å². The van der Waals surface area contributed by atoms with Gasteiger partial charge in [0.25, 0.3) is 0 Å². The third-order valence-corrected chi connectivity index (χ3v) is 9.38. The number of amides is 1. The summed E-state index contributed by atoms with van der Waals surface area (Å²) in [7, 11) is -3.70. The van der Waals surface area contributed by atoms with Crippen LogP contribution in [-0.4, -0.2) is 49.3 Å². The summed E-state index contributed by atoms with van der Waals surface area (Å²) >= 11 is 6.03. The highest BCUT2D eigenvalue weighted by Gasteiger charge is 2.33. The maximum absolute atomic E-state index is 15.0. The van der Waals surface area contributed by atoms with Gasteiger partial charge in [0.2, 0.25) is 15.9 Å². The van der Waals surface area contributed by atoms with Crippen molar-refractivity contribution in [2.45, 2.75) is 50.0 Å². The molecule has 0 aliphatic carbocycles. The lowest BCUT2D eigenvalue weighted by Gasteiger charge is -2.35. The van der Waals surface area contributed by atoms with E-state index in [9.17, 15) is 17.6 Å². The summed E-state index contributed by atoms with van der Waals surface area (Å²) in [6, 6.07) is 15.4. The second kappa shape index (κ2) is 13.0. The van der Waals surface area contributed by atoms with Gasteiger partial charge in [0.05, 0.1) is 23.0 Å². The largest absolute Gasteiger partial charge is 0.324 e. The molecule has 0 radical (unpaired) electrons. The summed E-state index contributed by atoms with van der Waals surface area (Å²) in [5.41, 5.74) is 1.63. The lowest BCUT2D eigenvalue weighted by atomic mass is 9.85. The van der Waals surface area contributed by atoms with Crippen LogP contribution in [0.3, 0.4) is 0 Å². The van der Waals surface area contributed by atoms with E-state index in [1.54, 1.807) is 42.5 Å². The zero-order chi connectivity index (χ0) is 28.0. The highest BCUT2D eigenvalue weighted by Crippen LogP contribution is 2.30. The van der Waals surface area contributed by atoms with E-state index in [0.717, 1.165) is 11.8 Å². The monoisotopic (exact) mass is 572 g/mol. The van der Waals surface area contributed by atoms with Gasteiger partial charge in [-0.15, -0.1) is 0 Å². The van der Waals surface area contributed by atoms with Gasteiger partial charge in [-0.25, -0.2) is 12.8 Å². The molecule has 39 heavy (non-hydrogen) atoms. The van der Waals surface area contributed by atoms with E-state index in [2.05, 4.69) is 29.5 Å². The van der Waals surface area contributed by atoms with Crippen LogP contribution < -0.4 is 10.6 Å². The number of nitrogens with zero attached hydrogens (tertiary/aromatic N) is 2. The topological polar surface area (TPSA) is 91.4 Å². The molecular formula is C29H34ClFN4O3S. The van der Waals surface area contributed by atoms with Crippen molar-refractivity contribution in [1.82, 2.24) is 14.6 Å². The van der Waals surface area contributed by atoms with Crippen LogP contribution >= 0.6 is 11.6 Å². The van der Waals surface area contributed by atoms with Crippen molar-refractivity contribution >= 4 is 33.2 Å². The Balaban J connectivity index is 1.48. The third kappa shape index (κ3) is 7.22. The fourth-order valence-electron chi connectivity index (χ4n) is 5.02. The number of benzene rings is 2. The smallest absolute Gasteiger partial charge is 0.243 e. The Hall–Kier alpha value is -2.85.